The molecule has 0 aromatic heterocycles. The molecule has 1 aromatic carbocycles. The van der Waals surface area contributed by atoms with Crippen molar-refractivity contribution in [3.63, 3.8) is 0 Å². The molecule has 0 aliphatic heterocycles. The Bertz CT molecular complexity index is 594. The largest absolute Gasteiger partial charge is 0.478 e. The standard InChI is InChI=1S/C17H22BrNO2/c1-16(2)10-6-7-17(3,9-10)15(16)19-11-4-5-12(14(20)21)13(18)8-11/h4-5,8,10,15,19H,6-7,9H2,1-3H3,(H,20,21). The van der Waals surface area contributed by atoms with Crippen LogP contribution >= 0.6 is 15.9 Å². The summed E-state index contributed by atoms with van der Waals surface area (Å²) >= 11 is 3.36. The number of carboxylic acids is 1. The van der Waals surface area contributed by atoms with Crippen LogP contribution in [0.4, 0.5) is 5.69 Å². The Morgan fingerprint density at radius 1 is 1.38 bits per heavy atom. The minimum Gasteiger partial charge on any atom is -0.478 e. The summed E-state index contributed by atoms with van der Waals surface area (Å²) in [5.74, 6) is -0.109. The maximum Gasteiger partial charge on any atom is 0.336 e. The summed E-state index contributed by atoms with van der Waals surface area (Å²) in [6, 6.07) is 5.86. The third kappa shape index (κ3) is 2.28. The van der Waals surface area contributed by atoms with Crippen LogP contribution in [0, 0.1) is 16.7 Å². The Kier molecular flexibility index (Phi) is 3.36. The number of anilines is 1. The fraction of sp³-hybridized carbons (Fsp3) is 0.588. The Hall–Kier alpha value is -1.03. The maximum atomic E-state index is 11.1. The van der Waals surface area contributed by atoms with E-state index in [9.17, 15) is 4.79 Å². The molecule has 21 heavy (non-hydrogen) atoms. The summed E-state index contributed by atoms with van der Waals surface area (Å²) < 4.78 is 0.631. The molecule has 114 valence electrons. The van der Waals surface area contributed by atoms with Gasteiger partial charge in [0.2, 0.25) is 0 Å². The van der Waals surface area contributed by atoms with E-state index in [1.165, 1.54) is 19.3 Å². The van der Waals surface area contributed by atoms with Crippen LogP contribution in [0.25, 0.3) is 0 Å². The summed E-state index contributed by atoms with van der Waals surface area (Å²) in [6.07, 6.45) is 3.92. The van der Waals surface area contributed by atoms with Gasteiger partial charge in [-0.1, -0.05) is 20.8 Å². The average Bonchev–Trinajstić information content (AvgIpc) is 2.85. The minimum atomic E-state index is -0.902. The molecule has 2 bridgehead atoms. The van der Waals surface area contributed by atoms with Gasteiger partial charge in [-0.25, -0.2) is 4.79 Å². The molecule has 4 heteroatoms. The molecule has 0 amide bonds. The Labute approximate surface area is 134 Å². The lowest BCUT2D eigenvalue weighted by atomic mass is 9.68. The number of benzene rings is 1. The highest BCUT2D eigenvalue weighted by Crippen LogP contribution is 2.63. The first-order valence-electron chi connectivity index (χ1n) is 7.53. The van der Waals surface area contributed by atoms with Crippen molar-refractivity contribution < 1.29 is 9.90 Å². The van der Waals surface area contributed by atoms with Crippen LogP contribution in [0.15, 0.2) is 22.7 Å². The van der Waals surface area contributed by atoms with Gasteiger partial charge in [0, 0.05) is 16.2 Å². The van der Waals surface area contributed by atoms with Crippen LogP contribution in [0.2, 0.25) is 0 Å². The Morgan fingerprint density at radius 3 is 2.62 bits per heavy atom. The van der Waals surface area contributed by atoms with Crippen molar-refractivity contribution in [1.82, 2.24) is 0 Å². The predicted molar refractivity (Wildman–Crippen MR) is 87.7 cm³/mol. The number of carboxylic acid groups (broad SMARTS) is 1. The highest BCUT2D eigenvalue weighted by atomic mass is 79.9. The van der Waals surface area contributed by atoms with E-state index in [-0.39, 0.29) is 5.41 Å². The number of carbonyl (C=O) groups is 1. The van der Waals surface area contributed by atoms with Crippen molar-refractivity contribution >= 4 is 27.6 Å². The average molecular weight is 352 g/mol. The van der Waals surface area contributed by atoms with Crippen LogP contribution in [0.5, 0.6) is 0 Å². The van der Waals surface area contributed by atoms with Gasteiger partial charge in [-0.15, -0.1) is 0 Å². The van der Waals surface area contributed by atoms with E-state index in [0.717, 1.165) is 11.6 Å². The number of nitrogens with one attached hydrogen (secondary N) is 1. The van der Waals surface area contributed by atoms with E-state index in [4.69, 9.17) is 5.11 Å². The number of aromatic carboxylic acids is 1. The van der Waals surface area contributed by atoms with Crippen LogP contribution in [0.1, 0.15) is 50.4 Å². The second kappa shape index (κ2) is 4.73. The van der Waals surface area contributed by atoms with E-state index >= 15 is 0 Å². The van der Waals surface area contributed by atoms with E-state index in [1.54, 1.807) is 6.07 Å². The molecule has 3 atom stereocenters. The third-order valence-corrected chi connectivity index (χ3v) is 6.44. The minimum absolute atomic E-state index is 0.283. The lowest BCUT2D eigenvalue weighted by molar-refractivity contribution is 0.0696. The van der Waals surface area contributed by atoms with Gasteiger partial charge in [-0.2, -0.15) is 0 Å². The summed E-state index contributed by atoms with van der Waals surface area (Å²) in [5, 5.41) is 12.8. The van der Waals surface area contributed by atoms with Crippen molar-refractivity contribution in [2.45, 2.75) is 46.1 Å². The number of fused-ring (bicyclic) bond motifs is 2. The molecule has 0 heterocycles. The van der Waals surface area contributed by atoms with Gasteiger partial charge in [-0.05, 0) is 70.1 Å². The van der Waals surface area contributed by atoms with E-state index in [1.807, 2.05) is 12.1 Å². The van der Waals surface area contributed by atoms with Crippen molar-refractivity contribution in [1.29, 1.82) is 0 Å². The molecular weight excluding hydrogens is 330 g/mol. The number of hydrogen-bond donors (Lipinski definition) is 2. The lowest BCUT2D eigenvalue weighted by Crippen LogP contribution is -2.45. The van der Waals surface area contributed by atoms with Crippen molar-refractivity contribution in [3.05, 3.63) is 28.2 Å². The fourth-order valence-corrected chi connectivity index (χ4v) is 5.16. The third-order valence-electron chi connectivity index (χ3n) is 5.78. The molecule has 3 rings (SSSR count). The van der Waals surface area contributed by atoms with E-state index in [0.29, 0.717) is 21.5 Å². The topological polar surface area (TPSA) is 49.3 Å². The normalized spacial score (nSPS) is 33.1. The lowest BCUT2D eigenvalue weighted by Gasteiger charge is -2.43. The first kappa shape index (κ1) is 14.9. The zero-order valence-electron chi connectivity index (χ0n) is 12.7. The van der Waals surface area contributed by atoms with Crippen molar-refractivity contribution in [3.8, 4) is 0 Å². The van der Waals surface area contributed by atoms with Crippen LogP contribution < -0.4 is 5.32 Å². The highest BCUT2D eigenvalue weighted by Gasteiger charge is 2.59. The molecule has 2 N–H and O–H groups in total. The molecule has 0 saturated heterocycles. The van der Waals surface area contributed by atoms with Gasteiger partial charge < -0.3 is 10.4 Å². The van der Waals surface area contributed by atoms with Gasteiger partial charge in [0.25, 0.3) is 0 Å². The fourth-order valence-electron chi connectivity index (χ4n) is 4.61. The zero-order chi connectivity index (χ0) is 15.4. The number of halogens is 1. The van der Waals surface area contributed by atoms with E-state index in [2.05, 4.69) is 42.0 Å². The van der Waals surface area contributed by atoms with Gasteiger partial charge in [0.1, 0.15) is 0 Å². The molecule has 3 nitrogen and oxygen atoms in total. The first-order valence-corrected chi connectivity index (χ1v) is 8.33. The molecule has 0 spiro atoms. The molecule has 1 aromatic rings. The molecule has 2 aliphatic carbocycles. The Balaban J connectivity index is 1.87. The smallest absolute Gasteiger partial charge is 0.336 e. The summed E-state index contributed by atoms with van der Waals surface area (Å²) in [6.45, 7) is 7.11. The van der Waals surface area contributed by atoms with Gasteiger partial charge >= 0.3 is 5.97 Å². The van der Waals surface area contributed by atoms with Crippen molar-refractivity contribution in [2.24, 2.45) is 16.7 Å². The molecule has 3 unspecified atom stereocenters. The summed E-state index contributed by atoms with van der Waals surface area (Å²) in [5.41, 5.74) is 1.94. The number of hydrogen-bond acceptors (Lipinski definition) is 2. The van der Waals surface area contributed by atoms with Crippen LogP contribution in [0.3, 0.4) is 0 Å². The molecule has 2 saturated carbocycles. The molecule has 2 aliphatic rings. The van der Waals surface area contributed by atoms with Crippen LogP contribution in [-0.2, 0) is 0 Å². The molecule has 0 radical (unpaired) electrons. The monoisotopic (exact) mass is 351 g/mol. The summed E-state index contributed by atoms with van der Waals surface area (Å²) in [7, 11) is 0. The Morgan fingerprint density at radius 2 is 2.10 bits per heavy atom. The predicted octanol–water partition coefficient (Wildman–Crippen LogP) is 4.77. The first-order chi connectivity index (χ1) is 9.74. The quantitative estimate of drug-likeness (QED) is 0.824. The van der Waals surface area contributed by atoms with Crippen molar-refractivity contribution in [2.75, 3.05) is 5.32 Å². The number of rotatable bonds is 3. The molecular formula is C17H22BrNO2. The van der Waals surface area contributed by atoms with Crippen LogP contribution in [-0.4, -0.2) is 17.1 Å². The van der Waals surface area contributed by atoms with Gasteiger partial charge in [0.05, 0.1) is 5.56 Å². The summed E-state index contributed by atoms with van der Waals surface area (Å²) in [4.78, 5) is 11.1. The zero-order valence-corrected chi connectivity index (χ0v) is 14.3. The SMILES string of the molecule is CC12CCC(C1)C(C)(C)C2Nc1ccc(C(=O)O)c(Br)c1. The second-order valence-corrected chi connectivity index (χ2v) is 8.35. The second-order valence-electron chi connectivity index (χ2n) is 7.49. The van der Waals surface area contributed by atoms with Gasteiger partial charge in [0.15, 0.2) is 0 Å². The maximum absolute atomic E-state index is 11.1. The van der Waals surface area contributed by atoms with E-state index < -0.39 is 5.97 Å². The molecule has 2 fully saturated rings. The highest BCUT2D eigenvalue weighted by molar-refractivity contribution is 9.10. The van der Waals surface area contributed by atoms with Gasteiger partial charge in [-0.3, -0.25) is 0 Å².